The summed E-state index contributed by atoms with van der Waals surface area (Å²) < 4.78 is 51.7. The number of aryl methyl sites for hydroxylation is 1. The van der Waals surface area contributed by atoms with Crippen molar-refractivity contribution < 1.29 is 22.1 Å². The minimum absolute atomic E-state index is 0.128. The van der Waals surface area contributed by atoms with Gasteiger partial charge in [-0.2, -0.15) is 0 Å². The highest BCUT2D eigenvalue weighted by atomic mass is 32.2. The van der Waals surface area contributed by atoms with Crippen molar-refractivity contribution >= 4 is 21.0 Å². The molecule has 0 amide bonds. The highest BCUT2D eigenvalue weighted by Crippen LogP contribution is 2.22. The molecule has 1 aliphatic heterocycles. The van der Waals surface area contributed by atoms with Gasteiger partial charge in [-0.15, -0.1) is 0 Å². The molecule has 2 heterocycles. The maximum atomic E-state index is 13.3. The van der Waals surface area contributed by atoms with Gasteiger partial charge >= 0.3 is 0 Å². The molecule has 0 saturated carbocycles. The number of likely N-dealkylation sites (tertiary alicyclic amines) is 1. The van der Waals surface area contributed by atoms with Gasteiger partial charge in [0.25, 0.3) is 0 Å². The van der Waals surface area contributed by atoms with Crippen LogP contribution in [0.2, 0.25) is 0 Å². The number of hydrogen-bond acceptors (Lipinski definition) is 6. The topological polar surface area (TPSA) is 84.7 Å². The van der Waals surface area contributed by atoms with Gasteiger partial charge in [-0.3, -0.25) is 0 Å². The molecule has 1 saturated heterocycles. The Morgan fingerprint density at radius 2 is 2.17 bits per heavy atom. The molecule has 1 aromatic heterocycles. The van der Waals surface area contributed by atoms with Crippen molar-refractivity contribution in [2.75, 3.05) is 26.7 Å². The van der Waals surface area contributed by atoms with Crippen molar-refractivity contribution in [1.82, 2.24) is 14.8 Å². The van der Waals surface area contributed by atoms with Gasteiger partial charge in [-0.25, -0.2) is 17.5 Å². The third kappa shape index (κ3) is 4.63. The second-order valence-corrected chi connectivity index (χ2v) is 9.17. The third-order valence-corrected chi connectivity index (χ3v) is 6.86. The summed E-state index contributed by atoms with van der Waals surface area (Å²) in [5.74, 6) is 0.166. The number of aromatic nitrogens is 1. The summed E-state index contributed by atoms with van der Waals surface area (Å²) in [7, 11) is -2.09. The Kier molecular flexibility index (Phi) is 6.03. The first kappa shape index (κ1) is 20.8. The lowest BCUT2D eigenvalue weighted by Gasteiger charge is -2.16. The van der Waals surface area contributed by atoms with Gasteiger partial charge in [0, 0.05) is 30.1 Å². The molecule has 0 aliphatic carbocycles. The number of fused-ring (bicyclic) bond motifs is 1. The van der Waals surface area contributed by atoms with Crippen LogP contribution in [0.15, 0.2) is 51.9 Å². The maximum absolute atomic E-state index is 13.3. The lowest BCUT2D eigenvalue weighted by atomic mass is 10.1. The highest BCUT2D eigenvalue weighted by molar-refractivity contribution is 7.89. The van der Waals surface area contributed by atoms with Crippen molar-refractivity contribution in [2.45, 2.75) is 30.2 Å². The van der Waals surface area contributed by atoms with E-state index >= 15 is 0 Å². The fourth-order valence-corrected chi connectivity index (χ4v) is 5.10. The Labute approximate surface area is 174 Å². The molecule has 7 nitrogen and oxygen atoms in total. The molecular weight excluding hydrogens is 409 g/mol. The number of hydrogen-bond donors (Lipinski definition) is 1. The lowest BCUT2D eigenvalue weighted by molar-refractivity contribution is 0.326. The van der Waals surface area contributed by atoms with Crippen molar-refractivity contribution in [3.05, 3.63) is 54.0 Å². The molecule has 0 bridgehead atoms. The summed E-state index contributed by atoms with van der Waals surface area (Å²) in [4.78, 5) is 2.44. The molecule has 9 heteroatoms. The Hall–Kier alpha value is -2.49. The van der Waals surface area contributed by atoms with Crippen LogP contribution in [0.4, 0.5) is 4.39 Å². The monoisotopic (exact) mass is 433 g/mol. The van der Waals surface area contributed by atoms with Crippen molar-refractivity contribution in [1.29, 1.82) is 0 Å². The first-order valence-electron chi connectivity index (χ1n) is 9.87. The number of benzene rings is 2. The van der Waals surface area contributed by atoms with Crippen LogP contribution in [0.1, 0.15) is 18.5 Å². The van der Waals surface area contributed by atoms with Gasteiger partial charge in [0.15, 0.2) is 5.58 Å². The fourth-order valence-electron chi connectivity index (χ4n) is 3.80. The molecule has 1 unspecified atom stereocenters. The Morgan fingerprint density at radius 1 is 1.30 bits per heavy atom. The molecule has 1 N–H and O–H groups in total. The van der Waals surface area contributed by atoms with E-state index in [-0.39, 0.29) is 16.8 Å². The molecule has 1 atom stereocenters. The predicted molar refractivity (Wildman–Crippen MR) is 110 cm³/mol. The summed E-state index contributed by atoms with van der Waals surface area (Å²) in [5, 5.41) is 4.88. The highest BCUT2D eigenvalue weighted by Gasteiger charge is 2.27. The summed E-state index contributed by atoms with van der Waals surface area (Å²) in [6, 6.07) is 10.8. The average Bonchev–Trinajstić information content (AvgIpc) is 3.34. The molecule has 4 rings (SSSR count). The van der Waals surface area contributed by atoms with Gasteiger partial charge in [0.05, 0.1) is 17.7 Å². The van der Waals surface area contributed by atoms with E-state index in [4.69, 9.17) is 9.26 Å². The van der Waals surface area contributed by atoms with Crippen LogP contribution in [-0.2, 0) is 16.4 Å². The minimum atomic E-state index is -3.59. The van der Waals surface area contributed by atoms with Gasteiger partial charge in [0.2, 0.25) is 10.0 Å². The summed E-state index contributed by atoms with van der Waals surface area (Å²) >= 11 is 0. The number of ether oxygens (including phenoxy) is 1. The second-order valence-electron chi connectivity index (χ2n) is 7.46. The fraction of sp³-hybridized carbons (Fsp3) is 0.381. The molecular formula is C21H24FN3O4S. The Bertz CT molecular complexity index is 1130. The summed E-state index contributed by atoms with van der Waals surface area (Å²) in [6.45, 7) is 2.32. The van der Waals surface area contributed by atoms with Crippen LogP contribution in [0.25, 0.3) is 11.0 Å². The zero-order valence-electron chi connectivity index (χ0n) is 16.7. The minimum Gasteiger partial charge on any atom is -0.497 e. The average molecular weight is 434 g/mol. The zero-order chi connectivity index (χ0) is 21.1. The molecule has 2 aromatic carbocycles. The second kappa shape index (κ2) is 8.71. The molecule has 1 fully saturated rings. The third-order valence-electron chi connectivity index (χ3n) is 5.34. The van der Waals surface area contributed by atoms with E-state index in [9.17, 15) is 12.8 Å². The number of halogens is 1. The van der Waals surface area contributed by atoms with E-state index in [1.165, 1.54) is 25.3 Å². The van der Waals surface area contributed by atoms with Gasteiger partial charge in [0.1, 0.15) is 11.6 Å². The number of methoxy groups -OCH3 is 1. The van der Waals surface area contributed by atoms with Crippen LogP contribution in [0, 0.1) is 5.82 Å². The van der Waals surface area contributed by atoms with Crippen LogP contribution < -0.4 is 9.46 Å². The normalized spacial score (nSPS) is 17.6. The van der Waals surface area contributed by atoms with E-state index in [1.54, 1.807) is 24.3 Å². The molecule has 160 valence electrons. The predicted octanol–water partition coefficient (Wildman–Crippen LogP) is 2.96. The first-order chi connectivity index (χ1) is 14.4. The number of nitrogens with one attached hydrogen (secondary N) is 1. The summed E-state index contributed by atoms with van der Waals surface area (Å²) in [5.41, 5.74) is 1.28. The molecule has 0 spiro atoms. The van der Waals surface area contributed by atoms with E-state index in [1.807, 2.05) is 0 Å². The SMILES string of the molecule is COc1cccc(S(=O)(=O)NC2CCN(CCCc3noc4cc(F)ccc34)C2)c1. The van der Waals surface area contributed by atoms with Crippen molar-refractivity contribution in [3.8, 4) is 5.75 Å². The maximum Gasteiger partial charge on any atom is 0.240 e. The van der Waals surface area contributed by atoms with Crippen LogP contribution in [-0.4, -0.2) is 51.3 Å². The molecule has 1 aliphatic rings. The Morgan fingerprint density at radius 3 is 3.00 bits per heavy atom. The first-order valence-corrected chi connectivity index (χ1v) is 11.4. The standard InChI is InChI=1S/C21H24FN3O4S/c1-28-17-4-2-5-18(13-17)30(26,27)24-16-9-11-25(14-16)10-3-6-20-19-8-7-15(22)12-21(19)29-23-20/h2,4-5,7-8,12-13,16,24H,3,6,9-11,14H2,1H3. The van der Waals surface area contributed by atoms with Crippen molar-refractivity contribution in [3.63, 3.8) is 0 Å². The van der Waals surface area contributed by atoms with Crippen LogP contribution in [0.5, 0.6) is 5.75 Å². The van der Waals surface area contributed by atoms with Crippen LogP contribution >= 0.6 is 0 Å². The van der Waals surface area contributed by atoms with Gasteiger partial charge in [-0.05, 0) is 56.6 Å². The van der Waals surface area contributed by atoms with E-state index in [0.29, 0.717) is 17.9 Å². The molecule has 3 aromatic rings. The van der Waals surface area contributed by atoms with E-state index < -0.39 is 10.0 Å². The Balaban J connectivity index is 1.29. The number of rotatable bonds is 8. The van der Waals surface area contributed by atoms with Crippen molar-refractivity contribution in [2.24, 2.45) is 0 Å². The lowest BCUT2D eigenvalue weighted by Crippen LogP contribution is -2.37. The van der Waals surface area contributed by atoms with Gasteiger partial charge in [-0.1, -0.05) is 11.2 Å². The smallest absolute Gasteiger partial charge is 0.240 e. The molecule has 30 heavy (non-hydrogen) atoms. The van der Waals surface area contributed by atoms with E-state index in [0.717, 1.165) is 43.4 Å². The van der Waals surface area contributed by atoms with Gasteiger partial charge < -0.3 is 14.2 Å². The quantitative estimate of drug-likeness (QED) is 0.588. The zero-order valence-corrected chi connectivity index (χ0v) is 17.5. The van der Waals surface area contributed by atoms with Crippen LogP contribution in [0.3, 0.4) is 0 Å². The number of sulfonamides is 1. The van der Waals surface area contributed by atoms with E-state index in [2.05, 4.69) is 14.8 Å². The largest absolute Gasteiger partial charge is 0.497 e. The molecule has 0 radical (unpaired) electrons. The number of nitrogens with zero attached hydrogens (tertiary/aromatic N) is 2. The summed E-state index contributed by atoms with van der Waals surface area (Å²) in [6.07, 6.45) is 2.33.